The van der Waals surface area contributed by atoms with Crippen LogP contribution in [0.1, 0.15) is 18.2 Å². The lowest BCUT2D eigenvalue weighted by Gasteiger charge is -2.19. The van der Waals surface area contributed by atoms with Crippen molar-refractivity contribution in [3.8, 4) is 0 Å². The normalized spacial score (nSPS) is 10.8. The van der Waals surface area contributed by atoms with Crippen LogP contribution in [0, 0.1) is 6.92 Å². The molecule has 0 fully saturated rings. The van der Waals surface area contributed by atoms with Gasteiger partial charge in [0.1, 0.15) is 11.3 Å². The number of nitrogens with zero attached hydrogens (tertiary/aromatic N) is 3. The number of aryl methyl sites for hydroxylation is 2. The Morgan fingerprint density at radius 1 is 1.17 bits per heavy atom. The van der Waals surface area contributed by atoms with Gasteiger partial charge >= 0.3 is 0 Å². The number of carbonyl (C=O) groups excluding carboxylic acids is 1. The van der Waals surface area contributed by atoms with Crippen LogP contribution in [0.4, 0.5) is 5.69 Å². The molecule has 0 saturated heterocycles. The SMILES string of the molecule is CCn1cc(N(C=O)Cc2ccccc2)c(=O)c2ccc(C)nc21. The molecule has 1 aromatic carbocycles. The minimum Gasteiger partial charge on any atom is -0.330 e. The fraction of sp³-hybridized carbons (Fsp3) is 0.211. The van der Waals surface area contributed by atoms with Gasteiger partial charge in [-0.1, -0.05) is 30.3 Å². The molecule has 5 heteroatoms. The number of carbonyl (C=O) groups is 1. The van der Waals surface area contributed by atoms with Gasteiger partial charge in [-0.2, -0.15) is 0 Å². The Morgan fingerprint density at radius 2 is 1.92 bits per heavy atom. The van der Waals surface area contributed by atoms with Crippen LogP contribution in [0.15, 0.2) is 53.5 Å². The zero-order valence-corrected chi connectivity index (χ0v) is 13.8. The van der Waals surface area contributed by atoms with Gasteiger partial charge in [0.2, 0.25) is 11.8 Å². The fourth-order valence-corrected chi connectivity index (χ4v) is 2.75. The summed E-state index contributed by atoms with van der Waals surface area (Å²) in [6.07, 6.45) is 2.42. The number of amides is 1. The highest BCUT2D eigenvalue weighted by Crippen LogP contribution is 2.17. The molecular formula is C19H19N3O2. The molecule has 3 aromatic rings. The average molecular weight is 321 g/mol. The van der Waals surface area contributed by atoms with E-state index < -0.39 is 0 Å². The van der Waals surface area contributed by atoms with E-state index in [0.29, 0.717) is 36.2 Å². The topological polar surface area (TPSA) is 55.2 Å². The smallest absolute Gasteiger partial charge is 0.214 e. The van der Waals surface area contributed by atoms with Crippen LogP contribution >= 0.6 is 0 Å². The molecule has 3 rings (SSSR count). The van der Waals surface area contributed by atoms with Crippen molar-refractivity contribution >= 4 is 23.1 Å². The van der Waals surface area contributed by atoms with Crippen LogP contribution in [0.3, 0.4) is 0 Å². The number of benzene rings is 1. The average Bonchev–Trinajstić information content (AvgIpc) is 2.61. The number of rotatable bonds is 5. The number of fused-ring (bicyclic) bond motifs is 1. The Labute approximate surface area is 140 Å². The van der Waals surface area contributed by atoms with Crippen LogP contribution < -0.4 is 10.3 Å². The Hall–Kier alpha value is -2.95. The number of hydrogen-bond acceptors (Lipinski definition) is 3. The van der Waals surface area contributed by atoms with E-state index in [9.17, 15) is 9.59 Å². The lowest BCUT2D eigenvalue weighted by Crippen LogP contribution is -2.27. The molecule has 1 amide bonds. The minimum absolute atomic E-state index is 0.176. The second-order valence-corrected chi connectivity index (χ2v) is 5.67. The molecule has 122 valence electrons. The van der Waals surface area contributed by atoms with E-state index in [2.05, 4.69) is 4.98 Å². The molecule has 0 atom stereocenters. The van der Waals surface area contributed by atoms with Crippen molar-refractivity contribution in [2.24, 2.45) is 0 Å². The first-order valence-corrected chi connectivity index (χ1v) is 7.90. The first kappa shape index (κ1) is 15.9. The zero-order valence-electron chi connectivity index (χ0n) is 13.8. The van der Waals surface area contributed by atoms with Gasteiger partial charge in [0.15, 0.2) is 0 Å². The first-order chi connectivity index (χ1) is 11.6. The van der Waals surface area contributed by atoms with Gasteiger partial charge < -0.3 is 9.47 Å². The minimum atomic E-state index is -0.176. The standard InChI is InChI=1S/C19H19N3O2/c1-3-21-12-17(18(24)16-10-9-14(2)20-19(16)21)22(13-23)11-15-7-5-4-6-8-15/h4-10,12-13H,3,11H2,1-2H3. The summed E-state index contributed by atoms with van der Waals surface area (Å²) in [4.78, 5) is 30.4. The predicted octanol–water partition coefficient (Wildman–Crippen LogP) is 2.89. The zero-order chi connectivity index (χ0) is 17.1. The maximum atomic E-state index is 12.8. The van der Waals surface area contributed by atoms with Crippen LogP contribution in [0.5, 0.6) is 0 Å². The molecule has 24 heavy (non-hydrogen) atoms. The van der Waals surface area contributed by atoms with E-state index in [1.165, 1.54) is 4.90 Å². The largest absolute Gasteiger partial charge is 0.330 e. The summed E-state index contributed by atoms with van der Waals surface area (Å²) >= 11 is 0. The van der Waals surface area contributed by atoms with Gasteiger partial charge in [0.05, 0.1) is 11.9 Å². The van der Waals surface area contributed by atoms with E-state index >= 15 is 0 Å². The summed E-state index contributed by atoms with van der Waals surface area (Å²) in [6, 6.07) is 13.2. The maximum Gasteiger partial charge on any atom is 0.214 e. The quantitative estimate of drug-likeness (QED) is 0.679. The number of anilines is 1. The lowest BCUT2D eigenvalue weighted by atomic mass is 10.2. The highest BCUT2D eigenvalue weighted by molar-refractivity contribution is 5.83. The molecule has 2 heterocycles. The monoisotopic (exact) mass is 321 g/mol. The lowest BCUT2D eigenvalue weighted by molar-refractivity contribution is -0.107. The van der Waals surface area contributed by atoms with Gasteiger partial charge in [-0.3, -0.25) is 9.59 Å². The highest BCUT2D eigenvalue weighted by Gasteiger charge is 2.15. The third-order valence-electron chi connectivity index (χ3n) is 4.01. The molecular weight excluding hydrogens is 302 g/mol. The van der Waals surface area contributed by atoms with E-state index in [1.54, 1.807) is 12.3 Å². The molecule has 0 bridgehead atoms. The van der Waals surface area contributed by atoms with Gasteiger partial charge in [-0.15, -0.1) is 0 Å². The molecule has 0 aliphatic rings. The van der Waals surface area contributed by atoms with E-state index in [1.807, 2.05) is 54.8 Å². The van der Waals surface area contributed by atoms with E-state index in [4.69, 9.17) is 0 Å². The third-order valence-corrected chi connectivity index (χ3v) is 4.01. The van der Waals surface area contributed by atoms with Crippen molar-refractivity contribution in [3.05, 3.63) is 70.1 Å². The van der Waals surface area contributed by atoms with Crippen molar-refractivity contribution in [3.63, 3.8) is 0 Å². The summed E-state index contributed by atoms with van der Waals surface area (Å²) in [5, 5.41) is 0.528. The second-order valence-electron chi connectivity index (χ2n) is 5.67. The van der Waals surface area contributed by atoms with Gasteiger partial charge in [0.25, 0.3) is 0 Å². The third kappa shape index (κ3) is 2.93. The van der Waals surface area contributed by atoms with E-state index in [-0.39, 0.29) is 5.43 Å². The van der Waals surface area contributed by atoms with Crippen LogP contribution in [-0.2, 0) is 17.9 Å². The Bertz CT molecular complexity index is 932. The van der Waals surface area contributed by atoms with Gasteiger partial charge in [-0.25, -0.2) is 4.98 Å². The van der Waals surface area contributed by atoms with Crippen LogP contribution in [-0.4, -0.2) is 16.0 Å². The molecule has 0 unspecified atom stereocenters. The molecule has 2 aromatic heterocycles. The molecule has 0 aliphatic carbocycles. The van der Waals surface area contributed by atoms with Crippen molar-refractivity contribution in [2.75, 3.05) is 4.90 Å². The van der Waals surface area contributed by atoms with Crippen LogP contribution in [0.25, 0.3) is 11.0 Å². The van der Waals surface area contributed by atoms with Gasteiger partial charge in [0, 0.05) is 18.4 Å². The molecule has 0 saturated carbocycles. The molecule has 5 nitrogen and oxygen atoms in total. The summed E-state index contributed by atoms with van der Waals surface area (Å²) in [5.41, 5.74) is 2.67. The van der Waals surface area contributed by atoms with E-state index in [0.717, 1.165) is 11.3 Å². The fourth-order valence-electron chi connectivity index (χ4n) is 2.75. The van der Waals surface area contributed by atoms with Crippen LogP contribution in [0.2, 0.25) is 0 Å². The number of hydrogen-bond donors (Lipinski definition) is 0. The Balaban J connectivity index is 2.14. The molecule has 0 radical (unpaired) electrons. The van der Waals surface area contributed by atoms with Crippen molar-refractivity contribution in [1.29, 1.82) is 0 Å². The Morgan fingerprint density at radius 3 is 2.58 bits per heavy atom. The number of aromatic nitrogens is 2. The highest BCUT2D eigenvalue weighted by atomic mass is 16.1. The van der Waals surface area contributed by atoms with Crippen molar-refractivity contribution in [1.82, 2.24) is 9.55 Å². The Kier molecular flexibility index (Phi) is 4.42. The van der Waals surface area contributed by atoms with Crippen molar-refractivity contribution < 1.29 is 4.79 Å². The molecule has 0 N–H and O–H groups in total. The molecule has 0 aliphatic heterocycles. The summed E-state index contributed by atoms with van der Waals surface area (Å²) in [6.45, 7) is 4.90. The number of pyridine rings is 2. The van der Waals surface area contributed by atoms with Gasteiger partial charge in [-0.05, 0) is 31.5 Å². The predicted molar refractivity (Wildman–Crippen MR) is 95.1 cm³/mol. The first-order valence-electron chi connectivity index (χ1n) is 7.90. The second kappa shape index (κ2) is 6.66. The summed E-state index contributed by atoms with van der Waals surface area (Å²) < 4.78 is 1.90. The van der Waals surface area contributed by atoms with Crippen molar-refractivity contribution in [2.45, 2.75) is 26.9 Å². The maximum absolute atomic E-state index is 12.8. The molecule has 0 spiro atoms. The summed E-state index contributed by atoms with van der Waals surface area (Å²) in [7, 11) is 0. The summed E-state index contributed by atoms with van der Waals surface area (Å²) in [5.74, 6) is 0.